The Hall–Kier alpha value is -1.20. The van der Waals surface area contributed by atoms with Crippen molar-refractivity contribution >= 4 is 27.4 Å². The standard InChI is InChI=1S/C16H23N3OS/c1-16(2,3)15-18-13(17-8-9-20)12-10-6-4-5-7-11(10)21-14(12)19-15/h20H,4-9H2,1-3H3,(H,17,18,19). The number of nitrogens with one attached hydrogen (secondary N) is 1. The minimum atomic E-state index is -0.0751. The minimum Gasteiger partial charge on any atom is -0.395 e. The largest absolute Gasteiger partial charge is 0.395 e. The number of aromatic nitrogens is 2. The van der Waals surface area contributed by atoms with Gasteiger partial charge in [0.1, 0.15) is 16.5 Å². The number of hydrogen-bond acceptors (Lipinski definition) is 5. The van der Waals surface area contributed by atoms with Gasteiger partial charge in [-0.05, 0) is 31.2 Å². The molecule has 0 radical (unpaired) electrons. The van der Waals surface area contributed by atoms with Gasteiger partial charge in [-0.1, -0.05) is 20.8 Å². The fourth-order valence-corrected chi connectivity index (χ4v) is 4.06. The Kier molecular flexibility index (Phi) is 3.88. The predicted molar refractivity (Wildman–Crippen MR) is 88.3 cm³/mol. The maximum absolute atomic E-state index is 9.11. The molecule has 1 aliphatic rings. The summed E-state index contributed by atoms with van der Waals surface area (Å²) in [4.78, 5) is 12.2. The normalized spacial score (nSPS) is 15.2. The maximum atomic E-state index is 9.11. The molecule has 0 amide bonds. The van der Waals surface area contributed by atoms with Crippen LogP contribution in [0.2, 0.25) is 0 Å². The van der Waals surface area contributed by atoms with E-state index in [2.05, 4.69) is 26.1 Å². The molecule has 0 fully saturated rings. The molecule has 0 aromatic carbocycles. The van der Waals surface area contributed by atoms with Gasteiger partial charge in [0.05, 0.1) is 12.0 Å². The molecule has 0 bridgehead atoms. The second-order valence-corrected chi connectivity index (χ2v) is 7.77. The van der Waals surface area contributed by atoms with Crippen LogP contribution in [0.3, 0.4) is 0 Å². The number of thiophene rings is 1. The summed E-state index contributed by atoms with van der Waals surface area (Å²) in [6, 6.07) is 0. The second-order valence-electron chi connectivity index (χ2n) is 6.69. The van der Waals surface area contributed by atoms with Crippen molar-refractivity contribution in [3.05, 3.63) is 16.3 Å². The highest BCUT2D eigenvalue weighted by atomic mass is 32.1. The van der Waals surface area contributed by atoms with Crippen LogP contribution in [0.25, 0.3) is 10.2 Å². The van der Waals surface area contributed by atoms with Crippen molar-refractivity contribution in [2.75, 3.05) is 18.5 Å². The molecule has 2 heterocycles. The summed E-state index contributed by atoms with van der Waals surface area (Å²) in [7, 11) is 0. The number of rotatable bonds is 3. The summed E-state index contributed by atoms with van der Waals surface area (Å²) < 4.78 is 0. The zero-order valence-corrected chi connectivity index (χ0v) is 13.8. The molecule has 1 aliphatic carbocycles. The molecule has 5 heteroatoms. The first kappa shape index (κ1) is 14.7. The maximum Gasteiger partial charge on any atom is 0.138 e. The van der Waals surface area contributed by atoms with Crippen LogP contribution in [0.5, 0.6) is 0 Å². The van der Waals surface area contributed by atoms with Crippen LogP contribution < -0.4 is 5.32 Å². The molecule has 0 spiro atoms. The second kappa shape index (κ2) is 5.54. The van der Waals surface area contributed by atoms with Crippen LogP contribution >= 0.6 is 11.3 Å². The minimum absolute atomic E-state index is 0.0751. The van der Waals surface area contributed by atoms with Gasteiger partial charge in [-0.25, -0.2) is 9.97 Å². The van der Waals surface area contributed by atoms with Crippen molar-refractivity contribution < 1.29 is 5.11 Å². The number of aliphatic hydroxyl groups excluding tert-OH is 1. The van der Waals surface area contributed by atoms with Gasteiger partial charge >= 0.3 is 0 Å². The molecule has 2 aromatic rings. The molecule has 3 rings (SSSR count). The lowest BCUT2D eigenvalue weighted by Crippen LogP contribution is -2.18. The quantitative estimate of drug-likeness (QED) is 0.914. The highest BCUT2D eigenvalue weighted by molar-refractivity contribution is 7.19. The lowest BCUT2D eigenvalue weighted by atomic mass is 9.94. The van der Waals surface area contributed by atoms with Crippen LogP contribution in [-0.2, 0) is 18.3 Å². The first-order valence-corrected chi connectivity index (χ1v) is 8.50. The van der Waals surface area contributed by atoms with Crippen LogP contribution in [0, 0.1) is 0 Å². The number of fused-ring (bicyclic) bond motifs is 3. The van der Waals surface area contributed by atoms with Gasteiger partial charge in [-0.3, -0.25) is 0 Å². The van der Waals surface area contributed by atoms with E-state index >= 15 is 0 Å². The number of aryl methyl sites for hydroxylation is 2. The molecule has 0 aliphatic heterocycles. The molecule has 21 heavy (non-hydrogen) atoms. The van der Waals surface area contributed by atoms with Gasteiger partial charge in [-0.2, -0.15) is 0 Å². The number of aliphatic hydroxyl groups is 1. The number of anilines is 1. The zero-order valence-electron chi connectivity index (χ0n) is 13.0. The van der Waals surface area contributed by atoms with E-state index in [0.29, 0.717) is 6.54 Å². The Morgan fingerprint density at radius 1 is 1.19 bits per heavy atom. The summed E-state index contributed by atoms with van der Waals surface area (Å²) in [6.45, 7) is 7.05. The Labute approximate surface area is 129 Å². The lowest BCUT2D eigenvalue weighted by molar-refractivity contribution is 0.311. The molecule has 0 unspecified atom stereocenters. The van der Waals surface area contributed by atoms with Crippen LogP contribution in [-0.4, -0.2) is 28.2 Å². The van der Waals surface area contributed by atoms with E-state index in [1.165, 1.54) is 35.1 Å². The van der Waals surface area contributed by atoms with E-state index in [1.54, 1.807) is 0 Å². The average molecular weight is 305 g/mol. The topological polar surface area (TPSA) is 58.0 Å². The highest BCUT2D eigenvalue weighted by Gasteiger charge is 2.24. The Balaban J connectivity index is 2.19. The molecular formula is C16H23N3OS. The third kappa shape index (κ3) is 2.77. The van der Waals surface area contributed by atoms with Gasteiger partial charge < -0.3 is 10.4 Å². The lowest BCUT2D eigenvalue weighted by Gasteiger charge is -2.18. The molecule has 114 valence electrons. The van der Waals surface area contributed by atoms with Gasteiger partial charge in [0, 0.05) is 16.8 Å². The van der Waals surface area contributed by atoms with Crippen LogP contribution in [0.15, 0.2) is 0 Å². The van der Waals surface area contributed by atoms with Gasteiger partial charge in [0.2, 0.25) is 0 Å². The van der Waals surface area contributed by atoms with E-state index in [-0.39, 0.29) is 12.0 Å². The molecule has 4 nitrogen and oxygen atoms in total. The fraction of sp³-hybridized carbons (Fsp3) is 0.625. The van der Waals surface area contributed by atoms with Crippen LogP contribution in [0.1, 0.15) is 49.9 Å². The summed E-state index contributed by atoms with van der Waals surface area (Å²) in [5.74, 6) is 1.77. The third-order valence-corrected chi connectivity index (χ3v) is 5.08. The third-order valence-electron chi connectivity index (χ3n) is 3.89. The van der Waals surface area contributed by atoms with E-state index in [9.17, 15) is 0 Å². The number of nitrogens with zero attached hydrogens (tertiary/aromatic N) is 2. The molecule has 2 aromatic heterocycles. The average Bonchev–Trinajstić information content (AvgIpc) is 2.82. The van der Waals surface area contributed by atoms with Gasteiger partial charge in [0.25, 0.3) is 0 Å². The summed E-state index contributed by atoms with van der Waals surface area (Å²) in [5.41, 5.74) is 1.36. The molecule has 2 N–H and O–H groups in total. The van der Waals surface area contributed by atoms with E-state index < -0.39 is 0 Å². The first-order chi connectivity index (χ1) is 10.0. The Bertz CT molecular complexity index is 658. The van der Waals surface area contributed by atoms with Crippen molar-refractivity contribution in [2.45, 2.75) is 51.9 Å². The molecule has 0 saturated heterocycles. The van der Waals surface area contributed by atoms with Crippen molar-refractivity contribution in [3.8, 4) is 0 Å². The smallest absolute Gasteiger partial charge is 0.138 e. The van der Waals surface area contributed by atoms with Crippen molar-refractivity contribution in [3.63, 3.8) is 0 Å². The molecular weight excluding hydrogens is 282 g/mol. The van der Waals surface area contributed by atoms with Crippen molar-refractivity contribution in [2.24, 2.45) is 0 Å². The van der Waals surface area contributed by atoms with E-state index in [0.717, 1.165) is 22.9 Å². The summed E-state index contributed by atoms with van der Waals surface area (Å²) >= 11 is 1.82. The van der Waals surface area contributed by atoms with Gasteiger partial charge in [-0.15, -0.1) is 11.3 Å². The Morgan fingerprint density at radius 2 is 1.95 bits per heavy atom. The van der Waals surface area contributed by atoms with Crippen molar-refractivity contribution in [1.29, 1.82) is 0 Å². The summed E-state index contributed by atoms with van der Waals surface area (Å²) in [6.07, 6.45) is 4.82. The number of hydrogen-bond donors (Lipinski definition) is 2. The van der Waals surface area contributed by atoms with Crippen LogP contribution in [0.4, 0.5) is 5.82 Å². The zero-order chi connectivity index (χ0) is 15.0. The SMILES string of the molecule is CC(C)(C)c1nc(NCCO)c2c3c(sc2n1)CCCC3. The molecule has 0 atom stereocenters. The van der Waals surface area contributed by atoms with Crippen molar-refractivity contribution in [1.82, 2.24) is 9.97 Å². The van der Waals surface area contributed by atoms with Gasteiger partial charge in [0.15, 0.2) is 0 Å². The summed E-state index contributed by atoms with van der Waals surface area (Å²) in [5, 5.41) is 13.6. The Morgan fingerprint density at radius 3 is 2.67 bits per heavy atom. The van der Waals surface area contributed by atoms with E-state index in [1.807, 2.05) is 11.3 Å². The van der Waals surface area contributed by atoms with E-state index in [4.69, 9.17) is 15.1 Å². The predicted octanol–water partition coefficient (Wildman–Crippen LogP) is 3.27. The molecule has 0 saturated carbocycles. The fourth-order valence-electron chi connectivity index (χ4n) is 2.80. The highest BCUT2D eigenvalue weighted by Crippen LogP contribution is 2.39. The first-order valence-electron chi connectivity index (χ1n) is 7.68. The monoisotopic (exact) mass is 305 g/mol.